The maximum absolute atomic E-state index is 13.9. The molecule has 0 saturated heterocycles. The van der Waals surface area contributed by atoms with E-state index in [1.165, 1.54) is 12.1 Å². The van der Waals surface area contributed by atoms with Gasteiger partial charge in [-0.25, -0.2) is 4.39 Å². The number of halogens is 2. The second-order valence-corrected chi connectivity index (χ2v) is 8.00. The van der Waals surface area contributed by atoms with E-state index in [4.69, 9.17) is 9.47 Å². The molecule has 1 aliphatic rings. The minimum absolute atomic E-state index is 0.114. The largest absolute Gasteiger partial charge is 0.467 e. The summed E-state index contributed by atoms with van der Waals surface area (Å²) in [6.07, 6.45) is 0.386. The fourth-order valence-electron chi connectivity index (χ4n) is 3.47. The summed E-state index contributed by atoms with van der Waals surface area (Å²) in [6.45, 7) is 0.672. The summed E-state index contributed by atoms with van der Waals surface area (Å²) in [5.74, 6) is -0.446. The van der Waals surface area contributed by atoms with E-state index in [2.05, 4.69) is 26.6 Å². The molecule has 2 N–H and O–H groups in total. The van der Waals surface area contributed by atoms with Crippen molar-refractivity contribution in [2.75, 3.05) is 18.7 Å². The molecule has 3 aromatic rings. The van der Waals surface area contributed by atoms with Gasteiger partial charge in [0, 0.05) is 16.6 Å². The molecule has 8 heteroatoms. The van der Waals surface area contributed by atoms with E-state index in [0.29, 0.717) is 44.6 Å². The van der Waals surface area contributed by atoms with E-state index in [1.54, 1.807) is 42.5 Å². The van der Waals surface area contributed by atoms with Crippen LogP contribution in [0, 0.1) is 5.82 Å². The third-order valence-electron chi connectivity index (χ3n) is 4.97. The zero-order valence-electron chi connectivity index (χ0n) is 17.0. The molecule has 164 valence electrons. The molecule has 2 amide bonds. The molecule has 4 rings (SSSR count). The second kappa shape index (κ2) is 9.93. The summed E-state index contributed by atoms with van der Waals surface area (Å²) in [5, 5.41) is 5.62. The number of benzene rings is 3. The monoisotopic (exact) mass is 498 g/mol. The number of hydrogen-bond donors (Lipinski definition) is 2. The number of hydrogen-bond acceptors (Lipinski definition) is 4. The average molecular weight is 499 g/mol. The van der Waals surface area contributed by atoms with Crippen LogP contribution in [0.2, 0.25) is 0 Å². The Labute approximate surface area is 192 Å². The molecule has 3 aromatic carbocycles. The van der Waals surface area contributed by atoms with Gasteiger partial charge in [0.25, 0.3) is 11.8 Å². The van der Waals surface area contributed by atoms with Gasteiger partial charge in [0.1, 0.15) is 11.6 Å². The predicted octanol–water partition coefficient (Wildman–Crippen LogP) is 4.68. The molecule has 0 atom stereocenters. The highest BCUT2D eigenvalue weighted by Gasteiger charge is 2.18. The molecule has 6 nitrogen and oxygen atoms in total. The van der Waals surface area contributed by atoms with Gasteiger partial charge in [-0.3, -0.25) is 9.59 Å². The van der Waals surface area contributed by atoms with Crippen LogP contribution in [0.5, 0.6) is 5.75 Å². The Morgan fingerprint density at radius 1 is 1.00 bits per heavy atom. The lowest BCUT2D eigenvalue weighted by Gasteiger charge is -2.21. The Balaban J connectivity index is 1.43. The third kappa shape index (κ3) is 4.98. The van der Waals surface area contributed by atoms with Gasteiger partial charge in [-0.15, -0.1) is 0 Å². The molecule has 0 fully saturated rings. The molecular weight excluding hydrogens is 479 g/mol. The number of para-hydroxylation sites is 1. The summed E-state index contributed by atoms with van der Waals surface area (Å²) in [7, 11) is 0. The lowest BCUT2D eigenvalue weighted by molar-refractivity contribution is -0.0172. The summed E-state index contributed by atoms with van der Waals surface area (Å²) in [4.78, 5) is 25.4. The maximum Gasteiger partial charge on any atom is 0.256 e. The van der Waals surface area contributed by atoms with Crippen molar-refractivity contribution in [2.24, 2.45) is 0 Å². The number of amides is 2. The number of ether oxygens (including phenoxy) is 2. The van der Waals surface area contributed by atoms with Crippen LogP contribution in [0.1, 0.15) is 31.8 Å². The zero-order chi connectivity index (χ0) is 22.5. The van der Waals surface area contributed by atoms with Crippen molar-refractivity contribution in [3.05, 3.63) is 93.2 Å². The normalized spacial score (nSPS) is 12.4. The van der Waals surface area contributed by atoms with Gasteiger partial charge in [0.05, 0.1) is 23.4 Å². The minimum atomic E-state index is -0.376. The standard InChI is InChI=1S/C24H20BrFN2O4/c25-20-7-3-1-5-18(20)24(30)28-21-8-4-2-6-19(21)23(29)27-10-9-15-11-17(26)12-16-13-31-14-32-22(15)16/h1-8,11-12H,9-10,13-14H2,(H,27,29)(H,28,30). The topological polar surface area (TPSA) is 76.7 Å². The van der Waals surface area contributed by atoms with E-state index in [0.717, 1.165) is 0 Å². The summed E-state index contributed by atoms with van der Waals surface area (Å²) in [5.41, 5.74) is 2.51. The van der Waals surface area contributed by atoms with Crippen LogP contribution in [0.3, 0.4) is 0 Å². The summed E-state index contributed by atoms with van der Waals surface area (Å²) < 4.78 is 25.3. The van der Waals surface area contributed by atoms with Crippen molar-refractivity contribution < 1.29 is 23.5 Å². The Hall–Kier alpha value is -3.23. The fourth-order valence-corrected chi connectivity index (χ4v) is 3.94. The highest BCUT2D eigenvalue weighted by atomic mass is 79.9. The van der Waals surface area contributed by atoms with Crippen molar-refractivity contribution in [1.29, 1.82) is 0 Å². The first-order valence-corrected chi connectivity index (χ1v) is 10.8. The van der Waals surface area contributed by atoms with Gasteiger partial charge in [-0.2, -0.15) is 0 Å². The van der Waals surface area contributed by atoms with Gasteiger partial charge in [-0.05, 0) is 64.3 Å². The SMILES string of the molecule is O=C(Nc1ccccc1C(=O)NCCc1cc(F)cc2c1OCOC2)c1ccccc1Br. The van der Waals surface area contributed by atoms with Crippen LogP contribution in [-0.2, 0) is 17.8 Å². The highest BCUT2D eigenvalue weighted by Crippen LogP contribution is 2.29. The molecule has 0 saturated carbocycles. The molecule has 0 spiro atoms. The number of rotatable bonds is 6. The molecule has 1 aliphatic heterocycles. The zero-order valence-corrected chi connectivity index (χ0v) is 18.6. The van der Waals surface area contributed by atoms with E-state index in [-0.39, 0.29) is 37.6 Å². The molecule has 1 heterocycles. The molecule has 0 radical (unpaired) electrons. The minimum Gasteiger partial charge on any atom is -0.467 e. The number of nitrogens with one attached hydrogen (secondary N) is 2. The first-order valence-electron chi connectivity index (χ1n) is 9.98. The second-order valence-electron chi connectivity index (χ2n) is 7.15. The van der Waals surface area contributed by atoms with Crippen LogP contribution >= 0.6 is 15.9 Å². The summed E-state index contributed by atoms with van der Waals surface area (Å²) >= 11 is 3.36. The number of fused-ring (bicyclic) bond motifs is 1. The van der Waals surface area contributed by atoms with Crippen LogP contribution in [0.25, 0.3) is 0 Å². The fraction of sp³-hybridized carbons (Fsp3) is 0.167. The molecule has 32 heavy (non-hydrogen) atoms. The van der Waals surface area contributed by atoms with Crippen molar-refractivity contribution in [3.63, 3.8) is 0 Å². The van der Waals surface area contributed by atoms with E-state index in [9.17, 15) is 14.0 Å². The summed E-state index contributed by atoms with van der Waals surface area (Å²) in [6, 6.07) is 16.6. The molecule has 0 aliphatic carbocycles. The van der Waals surface area contributed by atoms with Crippen molar-refractivity contribution >= 4 is 33.4 Å². The van der Waals surface area contributed by atoms with Crippen molar-refractivity contribution in [1.82, 2.24) is 5.32 Å². The van der Waals surface area contributed by atoms with E-state index >= 15 is 0 Å². The average Bonchev–Trinajstić information content (AvgIpc) is 2.79. The number of anilines is 1. The van der Waals surface area contributed by atoms with Gasteiger partial charge < -0.3 is 20.1 Å². The van der Waals surface area contributed by atoms with Crippen LogP contribution in [0.15, 0.2) is 65.1 Å². The third-order valence-corrected chi connectivity index (χ3v) is 5.66. The first kappa shape index (κ1) is 22.0. The highest BCUT2D eigenvalue weighted by molar-refractivity contribution is 9.10. The molecule has 0 aromatic heterocycles. The smallest absolute Gasteiger partial charge is 0.256 e. The predicted molar refractivity (Wildman–Crippen MR) is 121 cm³/mol. The Morgan fingerprint density at radius 2 is 1.75 bits per heavy atom. The number of carbonyl (C=O) groups is 2. The maximum atomic E-state index is 13.9. The van der Waals surface area contributed by atoms with Gasteiger partial charge in [-0.1, -0.05) is 24.3 Å². The molecular formula is C24H20BrFN2O4. The van der Waals surface area contributed by atoms with E-state index < -0.39 is 0 Å². The lowest BCUT2D eigenvalue weighted by Crippen LogP contribution is -2.27. The van der Waals surface area contributed by atoms with Crippen LogP contribution in [-0.4, -0.2) is 25.2 Å². The first-order chi connectivity index (χ1) is 15.5. The molecule has 0 unspecified atom stereocenters. The quantitative estimate of drug-likeness (QED) is 0.517. The van der Waals surface area contributed by atoms with Gasteiger partial charge in [0.15, 0.2) is 6.79 Å². The van der Waals surface area contributed by atoms with Crippen molar-refractivity contribution in [2.45, 2.75) is 13.0 Å². The van der Waals surface area contributed by atoms with Crippen molar-refractivity contribution in [3.8, 4) is 5.75 Å². The van der Waals surface area contributed by atoms with Crippen LogP contribution in [0.4, 0.5) is 10.1 Å². The lowest BCUT2D eigenvalue weighted by atomic mass is 10.1. The van der Waals surface area contributed by atoms with E-state index in [1.807, 2.05) is 6.07 Å². The van der Waals surface area contributed by atoms with Crippen LogP contribution < -0.4 is 15.4 Å². The van der Waals surface area contributed by atoms with Gasteiger partial charge >= 0.3 is 0 Å². The Kier molecular flexibility index (Phi) is 6.82. The molecule has 0 bridgehead atoms. The number of carbonyl (C=O) groups excluding carboxylic acids is 2. The Morgan fingerprint density at radius 3 is 2.56 bits per heavy atom. The Bertz CT molecular complexity index is 1170. The van der Waals surface area contributed by atoms with Gasteiger partial charge in [0.2, 0.25) is 0 Å².